The number of rotatable bonds is 4. The third-order valence-electron chi connectivity index (χ3n) is 3.11. The van der Waals surface area contributed by atoms with Crippen molar-refractivity contribution in [2.75, 3.05) is 0 Å². The summed E-state index contributed by atoms with van der Waals surface area (Å²) in [5, 5.41) is 17.2. The lowest BCUT2D eigenvalue weighted by molar-refractivity contribution is -0.136. The van der Waals surface area contributed by atoms with E-state index in [9.17, 15) is 4.79 Å². The predicted molar refractivity (Wildman–Crippen MR) is 78.1 cm³/mol. The van der Waals surface area contributed by atoms with Gasteiger partial charge in [-0.25, -0.2) is 4.68 Å². The van der Waals surface area contributed by atoms with Crippen molar-refractivity contribution < 1.29 is 9.90 Å². The van der Waals surface area contributed by atoms with Crippen molar-refractivity contribution >= 4 is 5.97 Å². The van der Waals surface area contributed by atoms with Crippen LogP contribution in [0.25, 0.3) is 16.9 Å². The molecule has 0 aliphatic carbocycles. The standard InChI is InChI=1S/C16H13N3O2/c20-15(21)11-14-16(12-7-3-1-4-8-12)19(18-17-14)13-9-5-2-6-10-13/h1-10H,11H2,(H,20,21). The molecule has 0 saturated carbocycles. The molecule has 1 heterocycles. The van der Waals surface area contributed by atoms with E-state index in [1.165, 1.54) is 0 Å². The van der Waals surface area contributed by atoms with Gasteiger partial charge in [0.05, 0.1) is 17.8 Å². The van der Waals surface area contributed by atoms with Crippen LogP contribution < -0.4 is 0 Å². The number of carboxylic acids is 1. The van der Waals surface area contributed by atoms with Gasteiger partial charge >= 0.3 is 5.97 Å². The van der Waals surface area contributed by atoms with E-state index in [2.05, 4.69) is 10.3 Å². The number of aliphatic carboxylic acids is 1. The highest BCUT2D eigenvalue weighted by Crippen LogP contribution is 2.25. The highest BCUT2D eigenvalue weighted by molar-refractivity contribution is 5.74. The van der Waals surface area contributed by atoms with E-state index in [0.29, 0.717) is 11.4 Å². The molecule has 3 rings (SSSR count). The fourth-order valence-corrected chi connectivity index (χ4v) is 2.21. The van der Waals surface area contributed by atoms with Crippen molar-refractivity contribution in [2.45, 2.75) is 6.42 Å². The molecule has 0 spiro atoms. The third-order valence-corrected chi connectivity index (χ3v) is 3.11. The molecule has 0 unspecified atom stereocenters. The van der Waals surface area contributed by atoms with Gasteiger partial charge < -0.3 is 5.11 Å². The van der Waals surface area contributed by atoms with E-state index in [-0.39, 0.29) is 6.42 Å². The quantitative estimate of drug-likeness (QED) is 0.797. The molecular weight excluding hydrogens is 266 g/mol. The van der Waals surface area contributed by atoms with Crippen molar-refractivity contribution in [3.63, 3.8) is 0 Å². The summed E-state index contributed by atoms with van der Waals surface area (Å²) in [7, 11) is 0. The molecular formula is C16H13N3O2. The second-order valence-electron chi connectivity index (χ2n) is 4.57. The normalized spacial score (nSPS) is 10.5. The van der Waals surface area contributed by atoms with E-state index in [0.717, 1.165) is 11.3 Å². The average Bonchev–Trinajstić information content (AvgIpc) is 2.92. The molecule has 5 heteroatoms. The Morgan fingerprint density at radius 1 is 1.00 bits per heavy atom. The molecule has 0 saturated heterocycles. The number of para-hydroxylation sites is 1. The van der Waals surface area contributed by atoms with Gasteiger partial charge in [-0.2, -0.15) is 0 Å². The van der Waals surface area contributed by atoms with Crippen LogP contribution in [0.4, 0.5) is 0 Å². The van der Waals surface area contributed by atoms with Gasteiger partial charge in [0.15, 0.2) is 0 Å². The van der Waals surface area contributed by atoms with Crippen LogP contribution in [0.15, 0.2) is 60.7 Å². The maximum Gasteiger partial charge on any atom is 0.309 e. The number of carboxylic acid groups (broad SMARTS) is 1. The molecule has 0 aliphatic heterocycles. The van der Waals surface area contributed by atoms with Gasteiger partial charge in [0.25, 0.3) is 0 Å². The summed E-state index contributed by atoms with van der Waals surface area (Å²) in [6.45, 7) is 0. The van der Waals surface area contributed by atoms with Crippen LogP contribution in [0.5, 0.6) is 0 Å². The summed E-state index contributed by atoms with van der Waals surface area (Å²) in [5.74, 6) is -0.924. The number of aromatic nitrogens is 3. The Labute approximate surface area is 121 Å². The molecule has 3 aromatic rings. The number of hydrogen-bond donors (Lipinski definition) is 1. The van der Waals surface area contributed by atoms with Crippen LogP contribution in [0, 0.1) is 0 Å². The number of benzene rings is 2. The first-order valence-electron chi connectivity index (χ1n) is 6.53. The van der Waals surface area contributed by atoms with Gasteiger partial charge in [-0.1, -0.05) is 53.7 Å². The van der Waals surface area contributed by atoms with Crippen molar-refractivity contribution in [1.82, 2.24) is 15.0 Å². The lowest BCUT2D eigenvalue weighted by Gasteiger charge is -2.07. The Hall–Kier alpha value is -2.95. The fourth-order valence-electron chi connectivity index (χ4n) is 2.21. The molecule has 0 atom stereocenters. The van der Waals surface area contributed by atoms with Crippen molar-refractivity contribution in [3.8, 4) is 16.9 Å². The van der Waals surface area contributed by atoms with E-state index in [4.69, 9.17) is 5.11 Å². The van der Waals surface area contributed by atoms with Gasteiger partial charge in [-0.3, -0.25) is 4.79 Å². The third kappa shape index (κ3) is 2.67. The predicted octanol–water partition coefficient (Wildman–Crippen LogP) is 2.56. The molecule has 21 heavy (non-hydrogen) atoms. The Bertz CT molecular complexity index is 752. The van der Waals surface area contributed by atoms with Crippen LogP contribution in [-0.4, -0.2) is 26.1 Å². The van der Waals surface area contributed by atoms with E-state index in [1.54, 1.807) is 4.68 Å². The molecule has 0 bridgehead atoms. The number of hydrogen-bond acceptors (Lipinski definition) is 3. The van der Waals surface area contributed by atoms with Crippen molar-refractivity contribution in [1.29, 1.82) is 0 Å². The van der Waals surface area contributed by atoms with Crippen LogP contribution in [0.1, 0.15) is 5.69 Å². The topological polar surface area (TPSA) is 68.0 Å². The minimum atomic E-state index is -0.924. The van der Waals surface area contributed by atoms with E-state index in [1.807, 2.05) is 60.7 Å². The van der Waals surface area contributed by atoms with E-state index >= 15 is 0 Å². The van der Waals surface area contributed by atoms with Crippen LogP contribution >= 0.6 is 0 Å². The molecule has 1 N–H and O–H groups in total. The largest absolute Gasteiger partial charge is 0.481 e. The zero-order chi connectivity index (χ0) is 14.7. The molecule has 104 valence electrons. The molecule has 0 radical (unpaired) electrons. The average molecular weight is 279 g/mol. The first-order chi connectivity index (χ1) is 10.3. The Balaban J connectivity index is 2.18. The lowest BCUT2D eigenvalue weighted by atomic mass is 10.1. The zero-order valence-electron chi connectivity index (χ0n) is 11.2. The molecule has 0 fully saturated rings. The van der Waals surface area contributed by atoms with Gasteiger partial charge in [-0.15, -0.1) is 5.10 Å². The highest BCUT2D eigenvalue weighted by atomic mass is 16.4. The van der Waals surface area contributed by atoms with Crippen molar-refractivity contribution in [2.24, 2.45) is 0 Å². The minimum absolute atomic E-state index is 0.156. The monoisotopic (exact) mass is 279 g/mol. The summed E-state index contributed by atoms with van der Waals surface area (Å²) < 4.78 is 1.67. The summed E-state index contributed by atoms with van der Waals surface area (Å²) in [5.41, 5.74) is 2.91. The summed E-state index contributed by atoms with van der Waals surface area (Å²) in [6.07, 6.45) is -0.156. The first-order valence-corrected chi connectivity index (χ1v) is 6.53. The second kappa shape index (κ2) is 5.58. The van der Waals surface area contributed by atoms with Crippen LogP contribution in [0.2, 0.25) is 0 Å². The summed E-state index contributed by atoms with van der Waals surface area (Å²) in [6, 6.07) is 19.1. The summed E-state index contributed by atoms with van der Waals surface area (Å²) in [4.78, 5) is 11.0. The number of carbonyl (C=O) groups is 1. The minimum Gasteiger partial charge on any atom is -0.481 e. The zero-order valence-corrected chi connectivity index (χ0v) is 11.2. The van der Waals surface area contributed by atoms with Gasteiger partial charge in [-0.05, 0) is 12.1 Å². The van der Waals surface area contributed by atoms with Gasteiger partial charge in [0.2, 0.25) is 0 Å². The van der Waals surface area contributed by atoms with Gasteiger partial charge in [0, 0.05) is 5.56 Å². The maximum atomic E-state index is 11.0. The Morgan fingerprint density at radius 2 is 1.62 bits per heavy atom. The molecule has 2 aromatic carbocycles. The fraction of sp³-hybridized carbons (Fsp3) is 0.0625. The Morgan fingerprint density at radius 3 is 2.24 bits per heavy atom. The number of nitrogens with zero attached hydrogens (tertiary/aromatic N) is 3. The van der Waals surface area contributed by atoms with Crippen molar-refractivity contribution in [3.05, 3.63) is 66.4 Å². The van der Waals surface area contributed by atoms with Gasteiger partial charge in [0.1, 0.15) is 5.69 Å². The second-order valence-corrected chi connectivity index (χ2v) is 4.57. The highest BCUT2D eigenvalue weighted by Gasteiger charge is 2.18. The molecule has 5 nitrogen and oxygen atoms in total. The molecule has 0 amide bonds. The Kier molecular flexibility index (Phi) is 3.47. The van der Waals surface area contributed by atoms with Crippen LogP contribution in [-0.2, 0) is 11.2 Å². The molecule has 0 aliphatic rings. The SMILES string of the molecule is O=C(O)Cc1nnn(-c2ccccc2)c1-c1ccccc1. The van der Waals surface area contributed by atoms with E-state index < -0.39 is 5.97 Å². The smallest absolute Gasteiger partial charge is 0.309 e. The lowest BCUT2D eigenvalue weighted by Crippen LogP contribution is -2.04. The maximum absolute atomic E-state index is 11.0. The first kappa shape index (κ1) is 13.1. The molecule has 1 aromatic heterocycles. The summed E-state index contributed by atoms with van der Waals surface area (Å²) >= 11 is 0. The van der Waals surface area contributed by atoms with Crippen LogP contribution in [0.3, 0.4) is 0 Å².